The van der Waals surface area contributed by atoms with Crippen LogP contribution in [0.5, 0.6) is 0 Å². The van der Waals surface area contributed by atoms with Crippen LogP contribution in [0.2, 0.25) is 0 Å². The minimum atomic E-state index is -0.0842. The van der Waals surface area contributed by atoms with E-state index < -0.39 is 0 Å². The minimum Gasteiger partial charge on any atom is -0.349 e. The molecule has 106 valence electrons. The van der Waals surface area contributed by atoms with E-state index in [2.05, 4.69) is 27.7 Å². The molecular formula is C14H18N4O2. The molecular weight excluding hydrogens is 256 g/mol. The van der Waals surface area contributed by atoms with Gasteiger partial charge in [-0.2, -0.15) is 0 Å². The number of nitrogens with zero attached hydrogens (tertiary/aromatic N) is 2. The lowest BCUT2D eigenvalue weighted by Crippen LogP contribution is -2.46. The Bertz CT molecular complexity index is 637. The molecule has 2 aromatic heterocycles. The number of fused-ring (bicyclic) bond motifs is 1. The fourth-order valence-electron chi connectivity index (χ4n) is 2.60. The predicted molar refractivity (Wildman–Crippen MR) is 74.5 cm³/mol. The molecule has 0 spiro atoms. The van der Waals surface area contributed by atoms with Crippen LogP contribution in [0.15, 0.2) is 16.8 Å². The highest BCUT2D eigenvalue weighted by atomic mass is 16.5. The van der Waals surface area contributed by atoms with Gasteiger partial charge < -0.3 is 15.2 Å². The standard InChI is InChI=1S/C14H18N4O2/c1-8-5-11(3-4-15-8)17-13(19)10-6-12-9(2)18-20-14(12)16-7-10/h6-8,11,15H,3-5H2,1-2H3,(H,17,19). The lowest BCUT2D eigenvalue weighted by molar-refractivity contribution is 0.0925. The first-order valence-corrected chi connectivity index (χ1v) is 6.90. The highest BCUT2D eigenvalue weighted by molar-refractivity contribution is 5.97. The highest BCUT2D eigenvalue weighted by Crippen LogP contribution is 2.17. The maximum atomic E-state index is 12.3. The molecule has 0 radical (unpaired) electrons. The van der Waals surface area contributed by atoms with Gasteiger partial charge in [0.2, 0.25) is 0 Å². The Kier molecular flexibility index (Phi) is 3.40. The van der Waals surface area contributed by atoms with Gasteiger partial charge in [-0.1, -0.05) is 5.16 Å². The molecule has 3 rings (SSSR count). The molecule has 1 fully saturated rings. The van der Waals surface area contributed by atoms with Crippen LogP contribution in [0.1, 0.15) is 35.8 Å². The maximum Gasteiger partial charge on any atom is 0.257 e. The number of amides is 1. The van der Waals surface area contributed by atoms with Crippen molar-refractivity contribution in [1.29, 1.82) is 0 Å². The number of aromatic nitrogens is 2. The second-order valence-electron chi connectivity index (χ2n) is 5.39. The van der Waals surface area contributed by atoms with Gasteiger partial charge in [-0.15, -0.1) is 0 Å². The largest absolute Gasteiger partial charge is 0.349 e. The van der Waals surface area contributed by atoms with Crippen LogP contribution < -0.4 is 10.6 Å². The molecule has 2 N–H and O–H groups in total. The third-order valence-corrected chi connectivity index (χ3v) is 3.73. The molecule has 0 aliphatic carbocycles. The monoisotopic (exact) mass is 274 g/mol. The molecule has 1 aliphatic rings. The fraction of sp³-hybridized carbons (Fsp3) is 0.500. The molecule has 1 saturated heterocycles. The zero-order valence-electron chi connectivity index (χ0n) is 11.6. The van der Waals surface area contributed by atoms with Crippen LogP contribution in [0, 0.1) is 6.92 Å². The molecule has 0 bridgehead atoms. The topological polar surface area (TPSA) is 80.0 Å². The van der Waals surface area contributed by atoms with E-state index in [1.54, 1.807) is 6.07 Å². The first-order valence-electron chi connectivity index (χ1n) is 6.90. The lowest BCUT2D eigenvalue weighted by Gasteiger charge is -2.28. The zero-order chi connectivity index (χ0) is 14.1. The Morgan fingerprint density at radius 3 is 3.20 bits per heavy atom. The van der Waals surface area contributed by atoms with Gasteiger partial charge in [0.1, 0.15) is 0 Å². The van der Waals surface area contributed by atoms with E-state index in [4.69, 9.17) is 4.52 Å². The van der Waals surface area contributed by atoms with E-state index in [0.29, 0.717) is 17.3 Å². The number of rotatable bonds is 2. The molecule has 6 nitrogen and oxygen atoms in total. The molecule has 2 unspecified atom stereocenters. The Morgan fingerprint density at radius 1 is 1.55 bits per heavy atom. The maximum absolute atomic E-state index is 12.3. The number of nitrogens with one attached hydrogen (secondary N) is 2. The van der Waals surface area contributed by atoms with E-state index in [1.165, 1.54) is 6.20 Å². The van der Waals surface area contributed by atoms with Crippen LogP contribution in [0.3, 0.4) is 0 Å². The van der Waals surface area contributed by atoms with Crippen LogP contribution in [0.4, 0.5) is 0 Å². The molecule has 3 heterocycles. The second kappa shape index (κ2) is 5.20. The van der Waals surface area contributed by atoms with Crippen molar-refractivity contribution in [2.45, 2.75) is 38.8 Å². The van der Waals surface area contributed by atoms with Gasteiger partial charge in [-0.3, -0.25) is 4.79 Å². The van der Waals surface area contributed by atoms with Crippen LogP contribution in [-0.2, 0) is 0 Å². The Hall–Kier alpha value is -1.95. The molecule has 20 heavy (non-hydrogen) atoms. The molecule has 2 aromatic rings. The summed E-state index contributed by atoms with van der Waals surface area (Å²) in [4.78, 5) is 16.4. The zero-order valence-corrected chi connectivity index (χ0v) is 11.6. The summed E-state index contributed by atoms with van der Waals surface area (Å²) in [5, 5.41) is 11.1. The summed E-state index contributed by atoms with van der Waals surface area (Å²) in [6, 6.07) is 2.45. The predicted octanol–water partition coefficient (Wildman–Crippen LogP) is 1.40. The molecule has 2 atom stereocenters. The Labute approximate surface area is 116 Å². The number of pyridine rings is 1. The smallest absolute Gasteiger partial charge is 0.257 e. The number of hydrogen-bond donors (Lipinski definition) is 2. The minimum absolute atomic E-state index is 0.0842. The average molecular weight is 274 g/mol. The average Bonchev–Trinajstić information content (AvgIpc) is 2.80. The number of aryl methyl sites for hydroxylation is 1. The van der Waals surface area contributed by atoms with Crippen molar-refractivity contribution in [3.8, 4) is 0 Å². The van der Waals surface area contributed by atoms with Gasteiger partial charge in [0.05, 0.1) is 16.6 Å². The van der Waals surface area contributed by atoms with E-state index in [0.717, 1.165) is 30.5 Å². The number of carbonyl (C=O) groups is 1. The summed E-state index contributed by atoms with van der Waals surface area (Å²) in [5.74, 6) is -0.0842. The van der Waals surface area contributed by atoms with Crippen LogP contribution in [-0.4, -0.2) is 34.7 Å². The molecule has 1 aliphatic heterocycles. The molecule has 0 saturated carbocycles. The summed E-state index contributed by atoms with van der Waals surface area (Å²) in [6.45, 7) is 4.91. The highest BCUT2D eigenvalue weighted by Gasteiger charge is 2.21. The Balaban J connectivity index is 1.76. The summed E-state index contributed by atoms with van der Waals surface area (Å²) >= 11 is 0. The van der Waals surface area contributed by atoms with Crippen LogP contribution >= 0.6 is 0 Å². The lowest BCUT2D eigenvalue weighted by atomic mass is 10.0. The second-order valence-corrected chi connectivity index (χ2v) is 5.39. The van der Waals surface area contributed by atoms with Crippen molar-refractivity contribution in [3.63, 3.8) is 0 Å². The van der Waals surface area contributed by atoms with Gasteiger partial charge in [-0.05, 0) is 39.3 Å². The summed E-state index contributed by atoms with van der Waals surface area (Å²) in [6.07, 6.45) is 3.44. The van der Waals surface area contributed by atoms with Crippen molar-refractivity contribution in [2.24, 2.45) is 0 Å². The van der Waals surface area contributed by atoms with E-state index in [-0.39, 0.29) is 11.9 Å². The van der Waals surface area contributed by atoms with Gasteiger partial charge in [0, 0.05) is 18.3 Å². The number of carbonyl (C=O) groups excluding carboxylic acids is 1. The van der Waals surface area contributed by atoms with E-state index in [9.17, 15) is 4.79 Å². The van der Waals surface area contributed by atoms with Crippen molar-refractivity contribution < 1.29 is 9.32 Å². The third-order valence-electron chi connectivity index (χ3n) is 3.73. The van der Waals surface area contributed by atoms with Crippen molar-refractivity contribution in [3.05, 3.63) is 23.5 Å². The van der Waals surface area contributed by atoms with Crippen molar-refractivity contribution in [1.82, 2.24) is 20.8 Å². The van der Waals surface area contributed by atoms with Crippen molar-refractivity contribution in [2.75, 3.05) is 6.54 Å². The first kappa shape index (κ1) is 13.1. The number of piperidine rings is 1. The van der Waals surface area contributed by atoms with Gasteiger partial charge >= 0.3 is 0 Å². The summed E-state index contributed by atoms with van der Waals surface area (Å²) < 4.78 is 5.05. The van der Waals surface area contributed by atoms with E-state index in [1.807, 2.05) is 6.92 Å². The molecule has 0 aromatic carbocycles. The molecule has 1 amide bonds. The van der Waals surface area contributed by atoms with Gasteiger partial charge in [-0.25, -0.2) is 4.98 Å². The first-order chi connectivity index (χ1) is 9.63. The van der Waals surface area contributed by atoms with Crippen LogP contribution in [0.25, 0.3) is 11.1 Å². The Morgan fingerprint density at radius 2 is 2.40 bits per heavy atom. The van der Waals surface area contributed by atoms with Gasteiger partial charge in [0.25, 0.3) is 11.6 Å². The quantitative estimate of drug-likeness (QED) is 0.865. The normalized spacial score (nSPS) is 22.9. The van der Waals surface area contributed by atoms with E-state index >= 15 is 0 Å². The fourth-order valence-corrected chi connectivity index (χ4v) is 2.60. The molecule has 6 heteroatoms. The summed E-state index contributed by atoms with van der Waals surface area (Å²) in [5.41, 5.74) is 1.77. The third kappa shape index (κ3) is 2.51. The van der Waals surface area contributed by atoms with Crippen molar-refractivity contribution >= 4 is 17.0 Å². The summed E-state index contributed by atoms with van der Waals surface area (Å²) in [7, 11) is 0. The van der Waals surface area contributed by atoms with Gasteiger partial charge in [0.15, 0.2) is 0 Å². The SMILES string of the molecule is Cc1noc2ncc(C(=O)NC3CCNC(C)C3)cc12. The number of hydrogen-bond acceptors (Lipinski definition) is 5.